The number of aliphatic hydroxyl groups excluding tert-OH is 1. The lowest BCUT2D eigenvalue weighted by atomic mass is 9.98. The first-order valence-electron chi connectivity index (χ1n) is 11.5. The predicted octanol–water partition coefficient (Wildman–Crippen LogP) is 4.11. The van der Waals surface area contributed by atoms with Gasteiger partial charge in [-0.2, -0.15) is 0 Å². The van der Waals surface area contributed by atoms with E-state index in [0.717, 1.165) is 16.7 Å². The van der Waals surface area contributed by atoms with Crippen LogP contribution in [-0.2, 0) is 43.5 Å². The first-order valence-corrected chi connectivity index (χ1v) is 11.5. The molecule has 1 N–H and O–H groups in total. The molecule has 0 bridgehead atoms. The van der Waals surface area contributed by atoms with Crippen LogP contribution in [0.2, 0.25) is 0 Å². The Hall–Kier alpha value is -2.58. The minimum atomic E-state index is -0.710. The van der Waals surface area contributed by atoms with Gasteiger partial charge in [0.2, 0.25) is 0 Å². The number of hydrogen-bond acceptors (Lipinski definition) is 6. The van der Waals surface area contributed by atoms with Crippen molar-refractivity contribution in [2.75, 3.05) is 13.7 Å². The van der Waals surface area contributed by atoms with Crippen LogP contribution in [0.4, 0.5) is 0 Å². The Morgan fingerprint density at radius 2 is 1.03 bits per heavy atom. The van der Waals surface area contributed by atoms with Gasteiger partial charge >= 0.3 is 0 Å². The van der Waals surface area contributed by atoms with Gasteiger partial charge in [-0.3, -0.25) is 0 Å². The smallest absolute Gasteiger partial charge is 0.186 e. The van der Waals surface area contributed by atoms with Crippen LogP contribution < -0.4 is 0 Å². The summed E-state index contributed by atoms with van der Waals surface area (Å²) in [4.78, 5) is 0. The SMILES string of the molecule is CO[C@@H]1O[C@@H](CO)[C@H](OCc2ccccc2)[C@H](OCc2ccccc2)[C@@H]1OCc1ccccc1. The van der Waals surface area contributed by atoms with Crippen molar-refractivity contribution in [2.24, 2.45) is 0 Å². The molecule has 4 rings (SSSR count). The van der Waals surface area contributed by atoms with Crippen molar-refractivity contribution in [1.29, 1.82) is 0 Å². The van der Waals surface area contributed by atoms with Crippen LogP contribution in [0.25, 0.3) is 0 Å². The van der Waals surface area contributed by atoms with Crippen LogP contribution in [0.5, 0.6) is 0 Å². The van der Waals surface area contributed by atoms with E-state index < -0.39 is 30.7 Å². The monoisotopic (exact) mass is 464 g/mol. The normalized spacial score (nSPS) is 24.7. The summed E-state index contributed by atoms with van der Waals surface area (Å²) >= 11 is 0. The first-order chi connectivity index (χ1) is 16.8. The van der Waals surface area contributed by atoms with Crippen molar-refractivity contribution in [3.63, 3.8) is 0 Å². The molecule has 1 heterocycles. The molecule has 0 unspecified atom stereocenters. The average Bonchev–Trinajstić information content (AvgIpc) is 2.91. The van der Waals surface area contributed by atoms with E-state index in [9.17, 15) is 5.11 Å². The minimum absolute atomic E-state index is 0.226. The van der Waals surface area contributed by atoms with E-state index in [2.05, 4.69) is 0 Å². The lowest BCUT2D eigenvalue weighted by molar-refractivity contribution is -0.321. The fourth-order valence-corrected chi connectivity index (χ4v) is 4.08. The van der Waals surface area contributed by atoms with Gasteiger partial charge in [-0.05, 0) is 16.7 Å². The highest BCUT2D eigenvalue weighted by Crippen LogP contribution is 2.30. The molecule has 1 saturated heterocycles. The molecule has 0 radical (unpaired) electrons. The molecule has 5 atom stereocenters. The lowest BCUT2D eigenvalue weighted by Gasteiger charge is -2.45. The molecule has 1 aliphatic heterocycles. The zero-order valence-corrected chi connectivity index (χ0v) is 19.4. The highest BCUT2D eigenvalue weighted by atomic mass is 16.7. The Bertz CT molecular complexity index is 895. The van der Waals surface area contributed by atoms with E-state index in [1.807, 2.05) is 91.0 Å². The third kappa shape index (κ3) is 6.51. The van der Waals surface area contributed by atoms with Crippen molar-refractivity contribution in [3.05, 3.63) is 108 Å². The Labute approximate surface area is 201 Å². The summed E-state index contributed by atoms with van der Waals surface area (Å²) in [5.74, 6) is 0. The maximum absolute atomic E-state index is 10.1. The van der Waals surface area contributed by atoms with Crippen LogP contribution in [0, 0.1) is 0 Å². The Balaban J connectivity index is 1.56. The van der Waals surface area contributed by atoms with Crippen molar-refractivity contribution >= 4 is 0 Å². The molecule has 34 heavy (non-hydrogen) atoms. The van der Waals surface area contributed by atoms with Crippen LogP contribution in [0.3, 0.4) is 0 Å². The molecule has 0 saturated carbocycles. The van der Waals surface area contributed by atoms with Gasteiger partial charge in [0.05, 0.1) is 26.4 Å². The summed E-state index contributed by atoms with van der Waals surface area (Å²) in [7, 11) is 1.57. The van der Waals surface area contributed by atoms with Crippen molar-refractivity contribution < 1.29 is 28.8 Å². The fourth-order valence-electron chi connectivity index (χ4n) is 4.08. The lowest BCUT2D eigenvalue weighted by Crippen LogP contribution is -2.61. The molecule has 3 aromatic carbocycles. The maximum atomic E-state index is 10.1. The van der Waals surface area contributed by atoms with E-state index in [0.29, 0.717) is 19.8 Å². The summed E-state index contributed by atoms with van der Waals surface area (Å²) in [6, 6.07) is 29.8. The third-order valence-corrected chi connectivity index (χ3v) is 5.86. The highest BCUT2D eigenvalue weighted by Gasteiger charge is 2.48. The molecule has 0 aliphatic carbocycles. The number of methoxy groups -OCH3 is 1. The second-order valence-corrected chi connectivity index (χ2v) is 8.24. The quantitative estimate of drug-likeness (QED) is 0.461. The number of hydrogen-bond donors (Lipinski definition) is 1. The second kappa shape index (κ2) is 12.8. The standard InChI is InChI=1S/C28H32O6/c1-30-28-27(33-20-23-15-9-4-10-16-23)26(32-19-22-13-7-3-8-14-22)25(24(17-29)34-28)31-18-21-11-5-2-6-12-21/h2-16,24-29H,17-20H2,1H3/t24-,25-,26-,27-,28+/m0/s1. The van der Waals surface area contributed by atoms with E-state index in [1.54, 1.807) is 7.11 Å². The number of benzene rings is 3. The summed E-state index contributed by atoms with van der Waals surface area (Å²) in [6.45, 7) is 0.876. The Morgan fingerprint density at radius 1 is 0.618 bits per heavy atom. The third-order valence-electron chi connectivity index (χ3n) is 5.86. The van der Waals surface area contributed by atoms with Gasteiger partial charge in [-0.25, -0.2) is 0 Å². The largest absolute Gasteiger partial charge is 0.394 e. The van der Waals surface area contributed by atoms with E-state index in [1.165, 1.54) is 0 Å². The fraction of sp³-hybridized carbons (Fsp3) is 0.357. The van der Waals surface area contributed by atoms with Gasteiger partial charge < -0.3 is 28.8 Å². The number of ether oxygens (including phenoxy) is 5. The topological polar surface area (TPSA) is 66.4 Å². The number of rotatable bonds is 11. The van der Waals surface area contributed by atoms with Gasteiger partial charge in [-0.15, -0.1) is 0 Å². The zero-order chi connectivity index (χ0) is 23.6. The zero-order valence-electron chi connectivity index (χ0n) is 19.4. The maximum Gasteiger partial charge on any atom is 0.186 e. The van der Waals surface area contributed by atoms with Gasteiger partial charge in [0, 0.05) is 7.11 Å². The molecule has 6 nitrogen and oxygen atoms in total. The van der Waals surface area contributed by atoms with Gasteiger partial charge in [-0.1, -0.05) is 91.0 Å². The van der Waals surface area contributed by atoms with Crippen molar-refractivity contribution in [1.82, 2.24) is 0 Å². The van der Waals surface area contributed by atoms with Crippen LogP contribution in [-0.4, -0.2) is 49.5 Å². The van der Waals surface area contributed by atoms with Gasteiger partial charge in [0.15, 0.2) is 6.29 Å². The summed E-state index contributed by atoms with van der Waals surface area (Å²) in [5.41, 5.74) is 3.09. The molecule has 1 aliphatic rings. The summed E-state index contributed by atoms with van der Waals surface area (Å²) in [6.07, 6.45) is -2.97. The Kier molecular flexibility index (Phi) is 9.21. The molecule has 0 amide bonds. The van der Waals surface area contributed by atoms with Gasteiger partial charge in [0.25, 0.3) is 0 Å². The molecule has 180 valence electrons. The van der Waals surface area contributed by atoms with E-state index in [4.69, 9.17) is 23.7 Å². The highest BCUT2D eigenvalue weighted by molar-refractivity contribution is 5.15. The van der Waals surface area contributed by atoms with Crippen molar-refractivity contribution in [3.8, 4) is 0 Å². The molecule has 1 fully saturated rings. The molecule has 3 aromatic rings. The van der Waals surface area contributed by atoms with Crippen LogP contribution in [0.1, 0.15) is 16.7 Å². The molecule has 0 spiro atoms. The predicted molar refractivity (Wildman–Crippen MR) is 128 cm³/mol. The Morgan fingerprint density at radius 3 is 1.44 bits per heavy atom. The average molecular weight is 465 g/mol. The van der Waals surface area contributed by atoms with E-state index in [-0.39, 0.29) is 6.61 Å². The van der Waals surface area contributed by atoms with Crippen LogP contribution >= 0.6 is 0 Å². The summed E-state index contributed by atoms with van der Waals surface area (Å²) in [5, 5.41) is 10.1. The molecular formula is C28H32O6. The van der Waals surface area contributed by atoms with Crippen molar-refractivity contribution in [2.45, 2.75) is 50.5 Å². The first kappa shape index (κ1) is 24.5. The molecular weight excluding hydrogens is 432 g/mol. The van der Waals surface area contributed by atoms with Gasteiger partial charge in [0.1, 0.15) is 24.4 Å². The number of aliphatic hydroxyl groups is 1. The molecule has 0 aromatic heterocycles. The molecule has 6 heteroatoms. The second-order valence-electron chi connectivity index (χ2n) is 8.24. The van der Waals surface area contributed by atoms with E-state index >= 15 is 0 Å². The van der Waals surface area contributed by atoms with Crippen LogP contribution in [0.15, 0.2) is 91.0 Å². The summed E-state index contributed by atoms with van der Waals surface area (Å²) < 4.78 is 30.7. The minimum Gasteiger partial charge on any atom is -0.394 e.